The number of rotatable bonds is 2. The maximum absolute atomic E-state index is 11.8. The Morgan fingerprint density at radius 3 is 2.53 bits per heavy atom. The molecule has 1 N–H and O–H groups in total. The number of carboxylic acid groups (broad SMARTS) is 1. The van der Waals surface area contributed by atoms with Gasteiger partial charge in [-0.1, -0.05) is 0 Å². The third-order valence-electron chi connectivity index (χ3n) is 2.48. The van der Waals surface area contributed by atoms with E-state index in [4.69, 9.17) is 5.11 Å². The third kappa shape index (κ3) is 3.12. The van der Waals surface area contributed by atoms with Crippen molar-refractivity contribution in [3.05, 3.63) is 0 Å². The van der Waals surface area contributed by atoms with Crippen LogP contribution in [0.1, 0.15) is 20.8 Å². The molecule has 0 aromatic rings. The van der Waals surface area contributed by atoms with Crippen LogP contribution in [0.3, 0.4) is 0 Å². The number of nitrogens with zero attached hydrogens (tertiary/aromatic N) is 1. The van der Waals surface area contributed by atoms with Gasteiger partial charge in [0, 0.05) is 23.6 Å². The largest absolute Gasteiger partial charge is 0.481 e. The molecule has 1 amide bonds. The molecule has 1 heterocycles. The predicted molar refractivity (Wildman–Crippen MR) is 59.9 cm³/mol. The summed E-state index contributed by atoms with van der Waals surface area (Å²) in [7, 11) is 0. The van der Waals surface area contributed by atoms with E-state index >= 15 is 0 Å². The van der Waals surface area contributed by atoms with E-state index in [1.54, 1.807) is 4.90 Å². The minimum Gasteiger partial charge on any atom is -0.481 e. The Hall–Kier alpha value is -0.710. The van der Waals surface area contributed by atoms with Crippen molar-refractivity contribution in [3.8, 4) is 0 Å². The van der Waals surface area contributed by atoms with E-state index in [-0.39, 0.29) is 10.7 Å². The van der Waals surface area contributed by atoms with Crippen LogP contribution in [0.2, 0.25) is 0 Å². The Labute approximate surface area is 94.0 Å². The van der Waals surface area contributed by atoms with Gasteiger partial charge in [-0.25, -0.2) is 0 Å². The van der Waals surface area contributed by atoms with Gasteiger partial charge in [0.25, 0.3) is 0 Å². The van der Waals surface area contributed by atoms with Crippen molar-refractivity contribution < 1.29 is 14.7 Å². The van der Waals surface area contributed by atoms with Crippen LogP contribution in [-0.4, -0.2) is 45.5 Å². The zero-order valence-corrected chi connectivity index (χ0v) is 10.1. The van der Waals surface area contributed by atoms with Crippen molar-refractivity contribution in [1.82, 2.24) is 4.90 Å². The Bertz CT molecular complexity index is 278. The number of aliphatic carboxylic acids is 1. The predicted octanol–water partition coefficient (Wildman–Crippen LogP) is 1.06. The highest BCUT2D eigenvalue weighted by Gasteiger charge is 2.33. The molecular weight excluding hydrogens is 214 g/mol. The zero-order chi connectivity index (χ0) is 11.6. The Morgan fingerprint density at radius 2 is 2.07 bits per heavy atom. The summed E-state index contributed by atoms with van der Waals surface area (Å²) in [4.78, 5) is 24.1. The third-order valence-corrected chi connectivity index (χ3v) is 3.78. The molecule has 4 nitrogen and oxygen atoms in total. The molecule has 0 spiro atoms. The lowest BCUT2D eigenvalue weighted by atomic mass is 10.1. The van der Waals surface area contributed by atoms with Crippen LogP contribution in [0.25, 0.3) is 0 Å². The highest BCUT2D eigenvalue weighted by Crippen LogP contribution is 2.30. The first-order valence-corrected chi connectivity index (χ1v) is 5.97. The average Bonchev–Trinajstić information content (AvgIpc) is 2.13. The van der Waals surface area contributed by atoms with Crippen LogP contribution in [-0.2, 0) is 9.59 Å². The van der Waals surface area contributed by atoms with Crippen molar-refractivity contribution in [3.63, 3.8) is 0 Å². The van der Waals surface area contributed by atoms with Gasteiger partial charge in [-0.15, -0.1) is 0 Å². The van der Waals surface area contributed by atoms with E-state index in [0.717, 1.165) is 5.75 Å². The fourth-order valence-electron chi connectivity index (χ4n) is 1.58. The smallest absolute Gasteiger partial charge is 0.315 e. The summed E-state index contributed by atoms with van der Waals surface area (Å²) in [6.45, 7) is 6.88. The molecule has 1 atom stereocenters. The molecule has 0 aliphatic carbocycles. The van der Waals surface area contributed by atoms with Crippen LogP contribution in [0.5, 0.6) is 0 Å². The molecule has 1 saturated heterocycles. The lowest BCUT2D eigenvalue weighted by Crippen LogP contribution is -2.49. The molecule has 1 rings (SSSR count). The summed E-state index contributed by atoms with van der Waals surface area (Å²) in [5.74, 6) is -1.36. The van der Waals surface area contributed by atoms with Crippen LogP contribution >= 0.6 is 11.8 Å². The number of hydrogen-bond acceptors (Lipinski definition) is 3. The lowest BCUT2D eigenvalue weighted by molar-refractivity contribution is -0.150. The van der Waals surface area contributed by atoms with Gasteiger partial charge < -0.3 is 10.0 Å². The highest BCUT2D eigenvalue weighted by atomic mass is 32.2. The van der Waals surface area contributed by atoms with Crippen LogP contribution in [0.4, 0.5) is 0 Å². The van der Waals surface area contributed by atoms with Crippen molar-refractivity contribution in [2.24, 2.45) is 5.92 Å². The van der Waals surface area contributed by atoms with Crippen molar-refractivity contribution >= 4 is 23.6 Å². The summed E-state index contributed by atoms with van der Waals surface area (Å²) in [6, 6.07) is 0. The summed E-state index contributed by atoms with van der Waals surface area (Å²) >= 11 is 1.82. The first-order valence-electron chi connectivity index (χ1n) is 4.99. The summed E-state index contributed by atoms with van der Waals surface area (Å²) in [5, 5.41) is 8.76. The first-order chi connectivity index (χ1) is 6.83. The van der Waals surface area contributed by atoms with Gasteiger partial charge in [0.1, 0.15) is 5.92 Å². The number of carboxylic acids is 1. The Kier molecular flexibility index (Phi) is 3.65. The topological polar surface area (TPSA) is 57.6 Å². The lowest BCUT2D eigenvalue weighted by Gasteiger charge is -2.38. The maximum Gasteiger partial charge on any atom is 0.315 e. The highest BCUT2D eigenvalue weighted by molar-refractivity contribution is 8.00. The molecule has 1 aliphatic rings. The monoisotopic (exact) mass is 231 g/mol. The Balaban J connectivity index is 2.64. The second kappa shape index (κ2) is 4.43. The standard InChI is InChI=1S/C10H17NO3S/c1-7(9(13)14)8(12)11-4-5-15-10(2,3)6-11/h7H,4-6H2,1-3H3,(H,13,14). The van der Waals surface area contributed by atoms with Gasteiger partial charge in [0.15, 0.2) is 0 Å². The van der Waals surface area contributed by atoms with Gasteiger partial charge in [-0.05, 0) is 20.8 Å². The van der Waals surface area contributed by atoms with E-state index in [0.29, 0.717) is 13.1 Å². The van der Waals surface area contributed by atoms with Gasteiger partial charge in [-0.2, -0.15) is 11.8 Å². The normalized spacial score (nSPS) is 22.2. The fraction of sp³-hybridized carbons (Fsp3) is 0.800. The van der Waals surface area contributed by atoms with Crippen molar-refractivity contribution in [1.29, 1.82) is 0 Å². The van der Waals surface area contributed by atoms with E-state index < -0.39 is 11.9 Å². The summed E-state index contributed by atoms with van der Waals surface area (Å²) in [6.07, 6.45) is 0. The number of amides is 1. The molecule has 15 heavy (non-hydrogen) atoms. The minimum absolute atomic E-state index is 0.0339. The zero-order valence-electron chi connectivity index (χ0n) is 9.32. The number of carbonyl (C=O) groups excluding carboxylic acids is 1. The molecule has 1 unspecified atom stereocenters. The van der Waals surface area contributed by atoms with Gasteiger partial charge in [0.05, 0.1) is 0 Å². The molecular formula is C10H17NO3S. The van der Waals surface area contributed by atoms with E-state index in [2.05, 4.69) is 13.8 Å². The van der Waals surface area contributed by atoms with Crippen molar-refractivity contribution in [2.45, 2.75) is 25.5 Å². The minimum atomic E-state index is -1.05. The number of hydrogen-bond donors (Lipinski definition) is 1. The van der Waals surface area contributed by atoms with E-state index in [9.17, 15) is 9.59 Å². The van der Waals surface area contributed by atoms with Gasteiger partial charge in [0.2, 0.25) is 5.91 Å². The van der Waals surface area contributed by atoms with Crippen LogP contribution in [0.15, 0.2) is 0 Å². The molecule has 0 radical (unpaired) electrons. The van der Waals surface area contributed by atoms with Crippen molar-refractivity contribution in [2.75, 3.05) is 18.8 Å². The molecule has 1 aliphatic heterocycles. The first kappa shape index (κ1) is 12.4. The molecule has 0 saturated carbocycles. The SMILES string of the molecule is CC(C(=O)O)C(=O)N1CCSC(C)(C)C1. The second-order valence-corrected chi connectivity index (χ2v) is 6.23. The van der Waals surface area contributed by atoms with Gasteiger partial charge in [-0.3, -0.25) is 9.59 Å². The molecule has 0 aromatic heterocycles. The van der Waals surface area contributed by atoms with Crippen LogP contribution in [0, 0.1) is 5.92 Å². The summed E-state index contributed by atoms with van der Waals surface area (Å²) < 4.78 is 0.0339. The number of carbonyl (C=O) groups is 2. The summed E-state index contributed by atoms with van der Waals surface area (Å²) in [5.41, 5.74) is 0. The Morgan fingerprint density at radius 1 is 1.47 bits per heavy atom. The van der Waals surface area contributed by atoms with E-state index in [1.165, 1.54) is 6.92 Å². The van der Waals surface area contributed by atoms with E-state index in [1.807, 2.05) is 11.8 Å². The maximum atomic E-state index is 11.8. The molecule has 0 bridgehead atoms. The second-order valence-electron chi connectivity index (χ2n) is 4.43. The fourth-order valence-corrected chi connectivity index (χ4v) is 2.70. The molecule has 86 valence electrons. The molecule has 5 heteroatoms. The van der Waals surface area contributed by atoms with Crippen LogP contribution < -0.4 is 0 Å². The average molecular weight is 231 g/mol. The quantitative estimate of drug-likeness (QED) is 0.722. The van der Waals surface area contributed by atoms with Gasteiger partial charge >= 0.3 is 5.97 Å². The molecule has 0 aromatic carbocycles. The number of thioether (sulfide) groups is 1. The molecule has 1 fully saturated rings.